The number of amides is 2. The molecule has 2 amide bonds. The highest BCUT2D eigenvalue weighted by Crippen LogP contribution is 2.25. The molecule has 9 heteroatoms. The number of piperidine rings is 1. The molecule has 2 saturated heterocycles. The van der Waals surface area contributed by atoms with Gasteiger partial charge in [0.25, 0.3) is 0 Å². The molecular weight excluding hydrogens is 376 g/mol. The number of carbonyl (C=O) groups excluding carboxylic acids is 2. The van der Waals surface area contributed by atoms with Gasteiger partial charge in [-0.2, -0.15) is 0 Å². The van der Waals surface area contributed by atoms with Gasteiger partial charge < -0.3 is 14.8 Å². The molecule has 156 valence electrons. The predicted molar refractivity (Wildman–Crippen MR) is 106 cm³/mol. The van der Waals surface area contributed by atoms with Gasteiger partial charge >= 0.3 is 5.69 Å². The molecule has 2 atom stereocenters. The molecule has 1 aromatic carbocycles. The molecule has 29 heavy (non-hydrogen) atoms. The molecule has 2 fully saturated rings. The molecule has 4 rings (SSSR count). The van der Waals surface area contributed by atoms with Gasteiger partial charge in [-0.1, -0.05) is 12.1 Å². The number of carbonyl (C=O) groups is 2. The minimum Gasteiger partial charge on any atom is -0.378 e. The van der Waals surface area contributed by atoms with Crippen LogP contribution < -0.4 is 16.3 Å². The number of nitrogens with zero attached hydrogens (tertiary/aromatic N) is 2. The number of fused-ring (bicyclic) bond motifs is 1. The van der Waals surface area contributed by atoms with Crippen molar-refractivity contribution in [1.82, 2.24) is 19.8 Å². The number of imidazole rings is 1. The van der Waals surface area contributed by atoms with Crippen LogP contribution in [-0.4, -0.2) is 60.0 Å². The summed E-state index contributed by atoms with van der Waals surface area (Å²) in [6.07, 6.45) is 1.26. The van der Waals surface area contributed by atoms with Gasteiger partial charge in [-0.3, -0.25) is 24.0 Å². The Morgan fingerprint density at radius 3 is 2.90 bits per heavy atom. The topological polar surface area (TPSA) is 104 Å². The first kappa shape index (κ1) is 19.8. The maximum absolute atomic E-state index is 12.9. The first-order valence-electron chi connectivity index (χ1n) is 9.99. The quantitative estimate of drug-likeness (QED) is 0.515. The molecule has 2 N–H and O–H groups in total. The number of para-hydroxylation sites is 1. The van der Waals surface area contributed by atoms with Gasteiger partial charge in [0.15, 0.2) is 0 Å². The lowest BCUT2D eigenvalue weighted by Gasteiger charge is -2.23. The molecular formula is C20H26N4O5. The molecule has 0 aliphatic carbocycles. The van der Waals surface area contributed by atoms with E-state index in [2.05, 4.69) is 10.6 Å². The second kappa shape index (κ2) is 8.48. The lowest BCUT2D eigenvalue weighted by molar-refractivity contribution is -0.135. The van der Waals surface area contributed by atoms with Crippen molar-refractivity contribution in [3.63, 3.8) is 0 Å². The fourth-order valence-electron chi connectivity index (χ4n) is 4.07. The summed E-state index contributed by atoms with van der Waals surface area (Å²) in [6, 6.07) is 5.02. The number of rotatable bonds is 6. The summed E-state index contributed by atoms with van der Waals surface area (Å²) >= 11 is 0. The molecule has 2 aliphatic heterocycles. The number of imide groups is 1. The Morgan fingerprint density at radius 2 is 2.14 bits per heavy atom. The van der Waals surface area contributed by atoms with Crippen LogP contribution in [0.4, 0.5) is 0 Å². The van der Waals surface area contributed by atoms with E-state index >= 15 is 0 Å². The highest BCUT2D eigenvalue weighted by molar-refractivity contribution is 6.00. The maximum atomic E-state index is 12.9. The average Bonchev–Trinajstić information content (AvgIpc) is 2.98. The molecule has 0 saturated carbocycles. The van der Waals surface area contributed by atoms with Gasteiger partial charge in [0.2, 0.25) is 11.8 Å². The van der Waals surface area contributed by atoms with Crippen LogP contribution in [0.2, 0.25) is 0 Å². The monoisotopic (exact) mass is 402 g/mol. The van der Waals surface area contributed by atoms with Crippen LogP contribution >= 0.6 is 0 Å². The van der Waals surface area contributed by atoms with Crippen molar-refractivity contribution in [3.8, 4) is 0 Å². The van der Waals surface area contributed by atoms with Gasteiger partial charge in [0.05, 0.1) is 37.0 Å². The Balaban J connectivity index is 1.53. The SMILES string of the molecule is Cn1c(=O)n(C2CCC(=O)NC2=O)c2cccc(CCOC[C@@H]3CNCCO3)c21. The Labute approximate surface area is 168 Å². The van der Waals surface area contributed by atoms with Gasteiger partial charge in [0.1, 0.15) is 6.04 Å². The minimum absolute atomic E-state index is 0.0671. The zero-order chi connectivity index (χ0) is 20.4. The van der Waals surface area contributed by atoms with E-state index in [-0.39, 0.29) is 24.1 Å². The Bertz CT molecular complexity index is 973. The van der Waals surface area contributed by atoms with Crippen molar-refractivity contribution in [3.05, 3.63) is 34.2 Å². The molecule has 0 spiro atoms. The number of aromatic nitrogens is 2. The Kier molecular flexibility index (Phi) is 5.79. The normalized spacial score (nSPS) is 22.8. The summed E-state index contributed by atoms with van der Waals surface area (Å²) in [4.78, 5) is 36.7. The van der Waals surface area contributed by atoms with Crippen molar-refractivity contribution in [2.75, 3.05) is 32.9 Å². The van der Waals surface area contributed by atoms with Gasteiger partial charge in [-0.15, -0.1) is 0 Å². The summed E-state index contributed by atoms with van der Waals surface area (Å²) in [5.41, 5.74) is 2.21. The third-order valence-corrected chi connectivity index (χ3v) is 5.53. The second-order valence-electron chi connectivity index (χ2n) is 7.49. The standard InChI is InChI=1S/C20H26N4O5/c1-23-18-13(7-9-28-12-14-11-21-8-10-29-14)3-2-4-15(18)24(20(23)27)16-5-6-17(25)22-19(16)26/h2-4,14,16,21H,5-12H2,1H3,(H,22,25,26)/t14-,16?/m0/s1. The number of ether oxygens (including phenoxy) is 2. The van der Waals surface area contributed by atoms with Crippen molar-refractivity contribution in [1.29, 1.82) is 0 Å². The molecule has 0 radical (unpaired) electrons. The number of morpholine rings is 1. The molecule has 3 heterocycles. The summed E-state index contributed by atoms with van der Waals surface area (Å²) in [7, 11) is 1.71. The fraction of sp³-hybridized carbons (Fsp3) is 0.550. The molecule has 2 aromatic rings. The third-order valence-electron chi connectivity index (χ3n) is 5.53. The average molecular weight is 402 g/mol. The Hall–Kier alpha value is -2.49. The van der Waals surface area contributed by atoms with E-state index < -0.39 is 11.9 Å². The zero-order valence-electron chi connectivity index (χ0n) is 16.5. The van der Waals surface area contributed by atoms with E-state index in [1.807, 2.05) is 18.2 Å². The van der Waals surface area contributed by atoms with Gasteiger partial charge in [-0.25, -0.2) is 4.79 Å². The number of hydrogen-bond acceptors (Lipinski definition) is 6. The summed E-state index contributed by atoms with van der Waals surface area (Å²) in [5.74, 6) is -0.722. The fourth-order valence-corrected chi connectivity index (χ4v) is 4.07. The van der Waals surface area contributed by atoms with Gasteiger partial charge in [0, 0.05) is 26.6 Å². The molecule has 2 aliphatic rings. The highest BCUT2D eigenvalue weighted by atomic mass is 16.5. The van der Waals surface area contributed by atoms with Crippen LogP contribution in [0, 0.1) is 0 Å². The van der Waals surface area contributed by atoms with E-state index in [4.69, 9.17) is 9.47 Å². The van der Waals surface area contributed by atoms with Gasteiger partial charge in [-0.05, 0) is 24.5 Å². The van der Waals surface area contributed by atoms with Crippen LogP contribution in [0.1, 0.15) is 24.4 Å². The molecule has 1 unspecified atom stereocenters. The second-order valence-corrected chi connectivity index (χ2v) is 7.49. The van der Waals surface area contributed by atoms with Crippen LogP contribution in [0.5, 0.6) is 0 Å². The zero-order valence-corrected chi connectivity index (χ0v) is 16.5. The van der Waals surface area contributed by atoms with E-state index in [9.17, 15) is 14.4 Å². The lowest BCUT2D eigenvalue weighted by Crippen LogP contribution is -2.44. The van der Waals surface area contributed by atoms with E-state index in [1.54, 1.807) is 11.6 Å². The number of benzene rings is 1. The first-order chi connectivity index (χ1) is 14.1. The van der Waals surface area contributed by atoms with Crippen LogP contribution in [-0.2, 0) is 32.5 Å². The maximum Gasteiger partial charge on any atom is 0.329 e. The summed E-state index contributed by atoms with van der Waals surface area (Å²) < 4.78 is 14.5. The smallest absolute Gasteiger partial charge is 0.329 e. The van der Waals surface area contributed by atoms with Crippen molar-refractivity contribution < 1.29 is 19.1 Å². The third kappa shape index (κ3) is 3.98. The van der Waals surface area contributed by atoms with E-state index in [0.717, 1.165) is 24.2 Å². The number of hydrogen-bond donors (Lipinski definition) is 2. The molecule has 9 nitrogen and oxygen atoms in total. The number of aryl methyl sites for hydroxylation is 1. The number of nitrogens with one attached hydrogen (secondary N) is 2. The summed E-state index contributed by atoms with van der Waals surface area (Å²) in [6.45, 7) is 3.40. The van der Waals surface area contributed by atoms with Crippen molar-refractivity contribution >= 4 is 22.8 Å². The predicted octanol–water partition coefficient (Wildman–Crippen LogP) is -0.135. The van der Waals surface area contributed by atoms with Crippen molar-refractivity contribution in [2.24, 2.45) is 7.05 Å². The van der Waals surface area contributed by atoms with E-state index in [0.29, 0.717) is 38.2 Å². The van der Waals surface area contributed by atoms with Crippen LogP contribution in [0.3, 0.4) is 0 Å². The minimum atomic E-state index is -0.675. The first-order valence-corrected chi connectivity index (χ1v) is 9.99. The van der Waals surface area contributed by atoms with Crippen LogP contribution in [0.25, 0.3) is 11.0 Å². The highest BCUT2D eigenvalue weighted by Gasteiger charge is 2.31. The summed E-state index contributed by atoms with van der Waals surface area (Å²) in [5, 5.41) is 5.60. The van der Waals surface area contributed by atoms with Crippen LogP contribution in [0.15, 0.2) is 23.0 Å². The molecule has 0 bridgehead atoms. The largest absolute Gasteiger partial charge is 0.378 e. The lowest BCUT2D eigenvalue weighted by atomic mass is 10.1. The molecule has 1 aromatic heterocycles. The van der Waals surface area contributed by atoms with Crippen molar-refractivity contribution in [2.45, 2.75) is 31.4 Å². The Morgan fingerprint density at radius 1 is 1.28 bits per heavy atom. The van der Waals surface area contributed by atoms with E-state index in [1.165, 1.54) is 4.57 Å².